The summed E-state index contributed by atoms with van der Waals surface area (Å²) in [7, 11) is -2.51. The van der Waals surface area contributed by atoms with E-state index in [1.807, 2.05) is 30.3 Å². The lowest BCUT2D eigenvalue weighted by atomic mass is 9.84. The van der Waals surface area contributed by atoms with E-state index < -0.39 is 10.3 Å². The van der Waals surface area contributed by atoms with Crippen LogP contribution in [-0.2, 0) is 15.7 Å². The van der Waals surface area contributed by atoms with Crippen LogP contribution in [0.15, 0.2) is 52.9 Å². The van der Waals surface area contributed by atoms with Gasteiger partial charge in [0.1, 0.15) is 11.3 Å². The Hall–Kier alpha value is -2.54. The fourth-order valence-electron chi connectivity index (χ4n) is 2.69. The van der Waals surface area contributed by atoms with Crippen LogP contribution in [0, 0.1) is 0 Å². The van der Waals surface area contributed by atoms with Crippen LogP contribution < -0.4 is 14.2 Å². The zero-order valence-electron chi connectivity index (χ0n) is 14.3. The van der Waals surface area contributed by atoms with Gasteiger partial charge in [-0.15, -0.1) is 4.40 Å². The number of benzene rings is 2. The molecule has 0 fully saturated rings. The quantitative estimate of drug-likeness (QED) is 0.907. The predicted octanol–water partition coefficient (Wildman–Crippen LogP) is 2.65. The summed E-state index contributed by atoms with van der Waals surface area (Å²) in [6.07, 6.45) is 0. The Labute approximate surface area is 147 Å². The summed E-state index contributed by atoms with van der Waals surface area (Å²) in [6.45, 7) is 4.64. The Balaban J connectivity index is 1.93. The highest BCUT2D eigenvalue weighted by molar-refractivity contribution is 7.86. The maximum absolute atomic E-state index is 11.9. The molecule has 2 aromatic rings. The summed E-state index contributed by atoms with van der Waals surface area (Å²) in [4.78, 5) is 0. The van der Waals surface area contributed by atoms with Crippen molar-refractivity contribution in [1.29, 1.82) is 0 Å². The first-order valence-corrected chi connectivity index (χ1v) is 9.20. The van der Waals surface area contributed by atoms with Gasteiger partial charge in [-0.3, -0.25) is 0 Å². The summed E-state index contributed by atoms with van der Waals surface area (Å²) < 4.78 is 37.9. The highest BCUT2D eigenvalue weighted by Gasteiger charge is 2.30. The maximum atomic E-state index is 11.9. The van der Waals surface area contributed by atoms with Crippen molar-refractivity contribution in [2.45, 2.75) is 19.3 Å². The van der Waals surface area contributed by atoms with Crippen molar-refractivity contribution in [3.63, 3.8) is 0 Å². The summed E-state index contributed by atoms with van der Waals surface area (Å²) >= 11 is 0. The zero-order chi connectivity index (χ0) is 18.1. The Morgan fingerprint density at radius 3 is 2.52 bits per heavy atom. The Bertz CT molecular complexity index is 906. The van der Waals surface area contributed by atoms with Crippen molar-refractivity contribution in [3.8, 4) is 11.5 Å². The van der Waals surface area contributed by atoms with Gasteiger partial charge >= 0.3 is 10.3 Å². The molecule has 1 N–H and O–H groups in total. The number of methoxy groups -OCH3 is 1. The molecule has 0 saturated heterocycles. The monoisotopic (exact) mass is 360 g/mol. The molecule has 0 bridgehead atoms. The first-order chi connectivity index (χ1) is 11.8. The normalized spacial score (nSPS) is 15.6. The Morgan fingerprint density at radius 1 is 1.12 bits per heavy atom. The lowest BCUT2D eigenvalue weighted by Gasteiger charge is -2.28. The molecule has 0 aliphatic carbocycles. The van der Waals surface area contributed by atoms with Crippen molar-refractivity contribution in [1.82, 2.24) is 5.32 Å². The van der Waals surface area contributed by atoms with Crippen molar-refractivity contribution in [2.24, 2.45) is 4.40 Å². The molecular formula is C18H20N2O4S. The molecule has 0 radical (unpaired) electrons. The lowest BCUT2D eigenvalue weighted by molar-refractivity contribution is 0.409. The third-order valence-electron chi connectivity index (χ3n) is 4.10. The van der Waals surface area contributed by atoms with Gasteiger partial charge in [0.15, 0.2) is 11.6 Å². The van der Waals surface area contributed by atoms with Gasteiger partial charge in [0.2, 0.25) is 0 Å². The van der Waals surface area contributed by atoms with Gasteiger partial charge < -0.3 is 14.2 Å². The van der Waals surface area contributed by atoms with Crippen LogP contribution in [0.2, 0.25) is 0 Å². The third kappa shape index (κ3) is 3.61. The summed E-state index contributed by atoms with van der Waals surface area (Å²) in [5, 5.41) is 3.16. The molecule has 2 aromatic carbocycles. The molecule has 1 aliphatic rings. The predicted molar refractivity (Wildman–Crippen MR) is 96.5 cm³/mol. The zero-order valence-corrected chi connectivity index (χ0v) is 15.1. The van der Waals surface area contributed by atoms with E-state index in [4.69, 9.17) is 8.92 Å². The summed E-state index contributed by atoms with van der Waals surface area (Å²) in [5.74, 6) is 0.924. The molecule has 132 valence electrons. The molecule has 25 heavy (non-hydrogen) atoms. The van der Waals surface area contributed by atoms with Gasteiger partial charge in [-0.25, -0.2) is 0 Å². The minimum Gasteiger partial charge on any atom is -0.496 e. The number of rotatable bonds is 4. The molecule has 1 heterocycles. The van der Waals surface area contributed by atoms with Crippen molar-refractivity contribution in [2.75, 3.05) is 13.7 Å². The van der Waals surface area contributed by atoms with Gasteiger partial charge in [0, 0.05) is 12.0 Å². The molecule has 7 heteroatoms. The minimum atomic E-state index is -4.03. The number of hydrogen-bond acceptors (Lipinski definition) is 5. The van der Waals surface area contributed by atoms with E-state index in [9.17, 15) is 8.42 Å². The van der Waals surface area contributed by atoms with Crippen LogP contribution >= 0.6 is 0 Å². The molecule has 0 aromatic heterocycles. The van der Waals surface area contributed by atoms with Gasteiger partial charge in [0.25, 0.3) is 0 Å². The highest BCUT2D eigenvalue weighted by atomic mass is 32.2. The van der Waals surface area contributed by atoms with Crippen LogP contribution in [0.4, 0.5) is 0 Å². The number of nitrogens with one attached hydrogen (secondary N) is 1. The second-order valence-corrected chi connectivity index (χ2v) is 7.59. The third-order valence-corrected chi connectivity index (χ3v) is 4.89. The van der Waals surface area contributed by atoms with E-state index in [0.717, 1.165) is 5.56 Å². The van der Waals surface area contributed by atoms with E-state index in [1.54, 1.807) is 18.2 Å². The summed E-state index contributed by atoms with van der Waals surface area (Å²) in [5.41, 5.74) is 1.41. The highest BCUT2D eigenvalue weighted by Crippen LogP contribution is 2.33. The minimum absolute atomic E-state index is 0.203. The lowest BCUT2D eigenvalue weighted by Crippen LogP contribution is -2.39. The van der Waals surface area contributed by atoms with Crippen molar-refractivity contribution < 1.29 is 17.3 Å². The first kappa shape index (κ1) is 17.3. The number of ether oxygens (including phenoxy) is 1. The van der Waals surface area contributed by atoms with E-state index in [2.05, 4.69) is 23.6 Å². The SMILES string of the molecule is COc1cccc2c1C(NCC(C)(C)c1ccccc1)=NS(=O)(=O)O2. The van der Waals surface area contributed by atoms with Gasteiger partial charge in [-0.1, -0.05) is 50.2 Å². The average molecular weight is 360 g/mol. The summed E-state index contributed by atoms with van der Waals surface area (Å²) in [6, 6.07) is 15.0. The largest absolute Gasteiger partial charge is 0.496 e. The molecule has 0 atom stereocenters. The van der Waals surface area contributed by atoms with Crippen LogP contribution in [0.25, 0.3) is 0 Å². The van der Waals surface area contributed by atoms with Crippen LogP contribution in [-0.4, -0.2) is 27.9 Å². The number of amidine groups is 1. The van der Waals surface area contributed by atoms with Crippen molar-refractivity contribution in [3.05, 3.63) is 59.7 Å². The van der Waals surface area contributed by atoms with E-state index in [-0.39, 0.29) is 17.0 Å². The van der Waals surface area contributed by atoms with Gasteiger partial charge in [-0.2, -0.15) is 8.42 Å². The fraction of sp³-hybridized carbons (Fsp3) is 0.278. The molecule has 1 aliphatic heterocycles. The molecule has 0 saturated carbocycles. The maximum Gasteiger partial charge on any atom is 0.430 e. The molecule has 0 unspecified atom stereocenters. The van der Waals surface area contributed by atoms with Crippen LogP contribution in [0.1, 0.15) is 25.0 Å². The molecule has 0 amide bonds. The average Bonchev–Trinajstić information content (AvgIpc) is 2.59. The van der Waals surface area contributed by atoms with Crippen molar-refractivity contribution >= 4 is 16.1 Å². The number of hydrogen-bond donors (Lipinski definition) is 1. The Kier molecular flexibility index (Phi) is 4.43. The second-order valence-electron chi connectivity index (χ2n) is 6.39. The van der Waals surface area contributed by atoms with Crippen LogP contribution in [0.5, 0.6) is 11.5 Å². The topological polar surface area (TPSA) is 77.0 Å². The van der Waals surface area contributed by atoms with E-state index in [0.29, 0.717) is 17.9 Å². The molecule has 3 rings (SSSR count). The van der Waals surface area contributed by atoms with Gasteiger partial charge in [0.05, 0.1) is 7.11 Å². The van der Waals surface area contributed by atoms with E-state index >= 15 is 0 Å². The molecule has 0 spiro atoms. The second kappa shape index (κ2) is 6.40. The Morgan fingerprint density at radius 2 is 1.84 bits per heavy atom. The van der Waals surface area contributed by atoms with E-state index in [1.165, 1.54) is 7.11 Å². The first-order valence-electron chi connectivity index (χ1n) is 7.83. The smallest absolute Gasteiger partial charge is 0.430 e. The van der Waals surface area contributed by atoms with Crippen LogP contribution in [0.3, 0.4) is 0 Å². The van der Waals surface area contributed by atoms with Gasteiger partial charge in [-0.05, 0) is 17.7 Å². The fourth-order valence-corrected chi connectivity index (χ4v) is 3.47. The molecule has 6 nitrogen and oxygen atoms in total. The number of nitrogens with zero attached hydrogens (tertiary/aromatic N) is 1. The number of fused-ring (bicyclic) bond motifs is 1. The standard InChI is InChI=1S/C18H20N2O4S/c1-18(2,13-8-5-4-6-9-13)12-19-17-16-14(23-3)10-7-11-15(16)24-25(21,22)20-17/h4-11H,12H2,1-3H3,(H,19,20). The molecular weight excluding hydrogens is 340 g/mol.